The van der Waals surface area contributed by atoms with Crippen LogP contribution in [0.15, 0.2) is 20.6 Å². The van der Waals surface area contributed by atoms with Gasteiger partial charge in [-0.3, -0.25) is 0 Å². The Morgan fingerprint density at radius 3 is 1.59 bits per heavy atom. The topological polar surface area (TPSA) is 12.0 Å². The summed E-state index contributed by atoms with van der Waals surface area (Å²) in [5.41, 5.74) is 4.96. The summed E-state index contributed by atoms with van der Waals surface area (Å²) in [5.74, 6) is 0.645. The summed E-state index contributed by atoms with van der Waals surface area (Å²) in [6.07, 6.45) is 0. The van der Waals surface area contributed by atoms with Gasteiger partial charge in [0.05, 0.1) is 0 Å². The number of allylic oxidation sites excluding steroid dienone is 4. The van der Waals surface area contributed by atoms with E-state index in [-0.39, 0.29) is 30.4 Å². The monoisotopic (exact) mass is 402 g/mol. The minimum absolute atomic E-state index is 0. The molecule has 0 aliphatic heterocycles. The van der Waals surface area contributed by atoms with Gasteiger partial charge < -0.3 is 0 Å². The Hall–Kier alpha value is 0.951. The van der Waals surface area contributed by atoms with E-state index in [1.807, 2.05) is 3.88 Å². The van der Waals surface area contributed by atoms with Gasteiger partial charge in [0.1, 0.15) is 0 Å². The first-order chi connectivity index (χ1) is 8.71. The van der Waals surface area contributed by atoms with Crippen molar-refractivity contribution in [3.05, 3.63) is 20.6 Å². The Bertz CT molecular complexity index is 487. The normalized spacial score (nSPS) is 21.5. The van der Waals surface area contributed by atoms with Gasteiger partial charge in [0.25, 0.3) is 0 Å². The first kappa shape index (κ1) is 25.2. The molecule has 1 rings (SSSR count). The average molecular weight is 403 g/mol. The van der Waals surface area contributed by atoms with Crippen LogP contribution in [0.5, 0.6) is 0 Å². The molecule has 0 bridgehead atoms. The SMILES string of the molecule is CC1=C(C)C(C)[C]([Ti]([CH3])([CH3])([NH]C(C)(C)C)[SiH](C)C)=C1C.Cl.Cl. The second kappa shape index (κ2) is 7.46. The van der Waals surface area contributed by atoms with Crippen LogP contribution in [0.4, 0.5) is 0 Å². The number of halogens is 2. The summed E-state index contributed by atoms with van der Waals surface area (Å²) in [6, 6.07) is 0. The van der Waals surface area contributed by atoms with E-state index in [0.29, 0.717) is 5.92 Å². The summed E-state index contributed by atoms with van der Waals surface area (Å²) in [4.78, 5) is 0. The summed E-state index contributed by atoms with van der Waals surface area (Å²) in [5, 5.41) is 5.31. The van der Waals surface area contributed by atoms with E-state index in [1.165, 1.54) is 0 Å². The molecule has 0 fully saturated rings. The number of hydrogen-bond donors (Lipinski definition) is 1. The van der Waals surface area contributed by atoms with E-state index in [4.69, 9.17) is 0 Å². The van der Waals surface area contributed by atoms with Crippen molar-refractivity contribution in [3.63, 3.8) is 0 Å². The molecule has 1 N–H and O–H groups in total. The van der Waals surface area contributed by atoms with Crippen LogP contribution >= 0.6 is 24.8 Å². The van der Waals surface area contributed by atoms with Crippen LogP contribution in [0.3, 0.4) is 0 Å². The van der Waals surface area contributed by atoms with Crippen LogP contribution in [0.1, 0.15) is 48.5 Å². The first-order valence-corrected chi connectivity index (χ1v) is 18.4. The Morgan fingerprint density at radius 1 is 0.955 bits per heavy atom. The fraction of sp³-hybridized carbons (Fsp3) is 0.765. The van der Waals surface area contributed by atoms with Crippen molar-refractivity contribution in [2.45, 2.75) is 77.6 Å². The molecular weight excluding hydrogens is 365 g/mol. The Balaban J connectivity index is 0. The third kappa shape index (κ3) is 4.32. The van der Waals surface area contributed by atoms with Crippen molar-refractivity contribution in [1.29, 1.82) is 0 Å². The maximum atomic E-state index is 4.22. The molecule has 0 saturated carbocycles. The second-order valence-electron chi connectivity index (χ2n) is 9.09. The zero-order valence-corrected chi connectivity index (χ0v) is 20.8. The summed E-state index contributed by atoms with van der Waals surface area (Å²) in [6.45, 7) is 20.8. The predicted octanol–water partition coefficient (Wildman–Crippen LogP) is 6.16. The van der Waals surface area contributed by atoms with Gasteiger partial charge in [-0.2, -0.15) is 0 Å². The molecule has 0 aromatic carbocycles. The largest absolute Gasteiger partial charge is 0.147 e. The molecule has 0 radical (unpaired) electrons. The Labute approximate surface area is 153 Å². The van der Waals surface area contributed by atoms with Crippen LogP contribution in [-0.4, -0.2) is 12.2 Å². The van der Waals surface area contributed by atoms with Gasteiger partial charge in [-0.15, -0.1) is 24.8 Å². The molecule has 0 spiro atoms. The molecule has 1 atom stereocenters. The molecule has 22 heavy (non-hydrogen) atoms. The predicted molar refractivity (Wildman–Crippen MR) is 108 cm³/mol. The number of rotatable bonds is 3. The van der Waals surface area contributed by atoms with Gasteiger partial charge in [0.15, 0.2) is 0 Å². The average Bonchev–Trinajstić information content (AvgIpc) is 2.40. The molecule has 0 saturated heterocycles. The van der Waals surface area contributed by atoms with Crippen LogP contribution in [0.25, 0.3) is 0 Å². The quantitative estimate of drug-likeness (QED) is 0.557. The molecule has 5 heteroatoms. The number of hydrogen-bond acceptors (Lipinski definition) is 1. The van der Waals surface area contributed by atoms with Crippen molar-refractivity contribution in [2.75, 3.05) is 0 Å². The van der Waals surface area contributed by atoms with E-state index in [1.54, 1.807) is 16.7 Å². The fourth-order valence-corrected chi connectivity index (χ4v) is 21.5. The van der Waals surface area contributed by atoms with Crippen molar-refractivity contribution in [3.8, 4) is 0 Å². The zero-order valence-electron chi connectivity index (χ0n) is 16.5. The molecule has 1 aliphatic rings. The van der Waals surface area contributed by atoms with Gasteiger partial charge in [-0.25, -0.2) is 0 Å². The first-order valence-electron chi connectivity index (χ1n) is 8.10. The summed E-state index contributed by atoms with van der Waals surface area (Å²) >= 11 is -2.82. The van der Waals surface area contributed by atoms with Gasteiger partial charge in [-0.05, 0) is 0 Å². The zero-order chi connectivity index (χ0) is 16.1. The minimum Gasteiger partial charge on any atom is -0.147 e. The third-order valence-corrected chi connectivity index (χ3v) is 33.8. The maximum Gasteiger partial charge on any atom is -0.147 e. The molecule has 0 heterocycles. The molecule has 0 aromatic heterocycles. The van der Waals surface area contributed by atoms with Crippen molar-refractivity contribution in [1.82, 2.24) is 3.80 Å². The van der Waals surface area contributed by atoms with E-state index < -0.39 is 21.5 Å². The molecule has 1 unspecified atom stereocenters. The van der Waals surface area contributed by atoms with Crippen LogP contribution in [-0.2, 0) is 14.8 Å². The third-order valence-electron chi connectivity index (χ3n) is 5.96. The van der Waals surface area contributed by atoms with Crippen LogP contribution in [0.2, 0.25) is 23.6 Å². The summed E-state index contributed by atoms with van der Waals surface area (Å²) < 4.78 is 6.05. The molecular formula is C17H38Cl2NSiTi. The molecule has 133 valence electrons. The number of nitrogens with one attached hydrogen (secondary N) is 1. The van der Waals surface area contributed by atoms with Crippen LogP contribution < -0.4 is 3.80 Å². The van der Waals surface area contributed by atoms with E-state index in [2.05, 4.69) is 75.8 Å². The molecule has 1 nitrogen and oxygen atoms in total. The summed E-state index contributed by atoms with van der Waals surface area (Å²) in [7, 11) is 0. The Kier molecular flexibility index (Phi) is 8.54. The van der Waals surface area contributed by atoms with Crippen molar-refractivity contribution < 1.29 is 14.8 Å². The van der Waals surface area contributed by atoms with Gasteiger partial charge in [0.2, 0.25) is 0 Å². The molecule has 0 aromatic rings. The molecule has 1 aliphatic carbocycles. The van der Waals surface area contributed by atoms with E-state index >= 15 is 0 Å². The van der Waals surface area contributed by atoms with Crippen molar-refractivity contribution >= 4 is 31.5 Å². The fourth-order valence-electron chi connectivity index (χ4n) is 4.28. The van der Waals surface area contributed by atoms with Gasteiger partial charge in [-0.1, -0.05) is 0 Å². The van der Waals surface area contributed by atoms with Gasteiger partial charge in [0, 0.05) is 0 Å². The van der Waals surface area contributed by atoms with E-state index in [0.717, 1.165) is 0 Å². The van der Waals surface area contributed by atoms with Crippen LogP contribution in [0, 0.1) is 5.92 Å². The van der Waals surface area contributed by atoms with E-state index in [9.17, 15) is 0 Å². The Morgan fingerprint density at radius 2 is 1.36 bits per heavy atom. The van der Waals surface area contributed by atoms with Crippen molar-refractivity contribution in [2.24, 2.45) is 5.92 Å². The molecule has 0 amide bonds. The second-order valence-corrected chi connectivity index (χ2v) is 33.0. The van der Waals surface area contributed by atoms with Gasteiger partial charge >= 0.3 is 129 Å². The minimum atomic E-state index is -2.82. The smallest absolute Gasteiger partial charge is 0.147 e. The maximum absolute atomic E-state index is 4.22. The standard InChI is InChI=1S/C9H13.C4H10N.C2H7Si.2CH3.2ClH.Ti/c1-6-5-7(2)9(4)8(6)3;1-4(2,3)5;1-3-2;;;;;/h6H,1-4H3;5H,1-3H3;3H,1-2H3;2*1H3;2*1H;/q;-1;;;;;;+1.